The molecule has 0 aliphatic carbocycles. The first-order valence-corrected chi connectivity index (χ1v) is 6.09. The largest absolute Gasteiger partial charge is 0.492 e. The zero-order valence-electron chi connectivity index (χ0n) is 9.57. The van der Waals surface area contributed by atoms with Crippen LogP contribution in [0.25, 0.3) is 0 Å². The van der Waals surface area contributed by atoms with Crippen LogP contribution in [0.15, 0.2) is 34.9 Å². The Balaban J connectivity index is 2.41. The van der Waals surface area contributed by atoms with Crippen LogP contribution in [-0.2, 0) is 0 Å². The Morgan fingerprint density at radius 3 is 2.67 bits per heavy atom. The number of ketones is 1. The summed E-state index contributed by atoms with van der Waals surface area (Å²) in [7, 11) is 0. The van der Waals surface area contributed by atoms with Gasteiger partial charge in [0.2, 0.25) is 5.78 Å². The number of hydrogen-bond donors (Lipinski definition) is 0. The van der Waals surface area contributed by atoms with Gasteiger partial charge in [-0.1, -0.05) is 23.2 Å². The number of furan rings is 1. The van der Waals surface area contributed by atoms with E-state index in [1.807, 2.05) is 6.92 Å². The highest BCUT2D eigenvalue weighted by Gasteiger charge is 2.19. The van der Waals surface area contributed by atoms with Crippen LogP contribution in [0.3, 0.4) is 0 Å². The number of halogens is 2. The van der Waals surface area contributed by atoms with E-state index in [1.54, 1.807) is 24.3 Å². The van der Waals surface area contributed by atoms with Crippen LogP contribution in [0.2, 0.25) is 10.0 Å². The third-order valence-corrected chi connectivity index (χ3v) is 3.20. The van der Waals surface area contributed by atoms with E-state index in [1.165, 1.54) is 6.26 Å². The topological polar surface area (TPSA) is 39.4 Å². The molecule has 0 spiro atoms. The summed E-state index contributed by atoms with van der Waals surface area (Å²) in [5, 5.41) is 0.403. The second-order valence-electron chi connectivity index (χ2n) is 3.48. The second kappa shape index (κ2) is 5.46. The zero-order valence-corrected chi connectivity index (χ0v) is 11.1. The standard InChI is InChI=1S/C13H10Cl2O3/c1-2-17-9-6-5-8(11(14)12(9)15)13(16)10-4-3-7-18-10/h3-7H,2H2,1H3. The highest BCUT2D eigenvalue weighted by atomic mass is 35.5. The van der Waals surface area contributed by atoms with Crippen molar-refractivity contribution in [2.75, 3.05) is 6.61 Å². The highest BCUT2D eigenvalue weighted by molar-refractivity contribution is 6.45. The van der Waals surface area contributed by atoms with Crippen LogP contribution in [0.5, 0.6) is 5.75 Å². The number of benzene rings is 1. The minimum atomic E-state index is -0.310. The second-order valence-corrected chi connectivity index (χ2v) is 4.23. The van der Waals surface area contributed by atoms with E-state index in [0.29, 0.717) is 17.9 Å². The molecule has 0 radical (unpaired) electrons. The first-order valence-electron chi connectivity index (χ1n) is 5.34. The third-order valence-electron chi connectivity index (χ3n) is 2.34. The summed E-state index contributed by atoms with van der Waals surface area (Å²) in [4.78, 5) is 12.1. The van der Waals surface area contributed by atoms with E-state index in [9.17, 15) is 4.79 Å². The van der Waals surface area contributed by atoms with E-state index in [0.717, 1.165) is 0 Å². The van der Waals surface area contributed by atoms with Gasteiger partial charge in [-0.2, -0.15) is 0 Å². The highest BCUT2D eigenvalue weighted by Crippen LogP contribution is 2.35. The van der Waals surface area contributed by atoms with Crippen LogP contribution in [0.1, 0.15) is 23.0 Å². The summed E-state index contributed by atoms with van der Waals surface area (Å²) in [5.41, 5.74) is 0.292. The van der Waals surface area contributed by atoms with Crippen molar-refractivity contribution in [3.05, 3.63) is 51.9 Å². The molecule has 1 heterocycles. The van der Waals surface area contributed by atoms with Gasteiger partial charge in [0, 0.05) is 5.56 Å². The molecule has 0 unspecified atom stereocenters. The van der Waals surface area contributed by atoms with Gasteiger partial charge in [0.05, 0.1) is 17.9 Å². The lowest BCUT2D eigenvalue weighted by Crippen LogP contribution is -2.02. The summed E-state index contributed by atoms with van der Waals surface area (Å²) in [6.45, 7) is 2.31. The van der Waals surface area contributed by atoms with E-state index in [4.69, 9.17) is 32.4 Å². The van der Waals surface area contributed by atoms with Crippen LogP contribution in [-0.4, -0.2) is 12.4 Å². The number of rotatable bonds is 4. The predicted octanol–water partition coefficient (Wildman–Crippen LogP) is 4.22. The molecule has 0 aliphatic heterocycles. The van der Waals surface area contributed by atoms with E-state index in [2.05, 4.69) is 0 Å². The third kappa shape index (κ3) is 2.37. The maximum absolute atomic E-state index is 12.1. The fourth-order valence-corrected chi connectivity index (χ4v) is 1.98. The summed E-state index contributed by atoms with van der Waals surface area (Å²) in [6, 6.07) is 6.40. The summed E-state index contributed by atoms with van der Waals surface area (Å²) in [6.07, 6.45) is 1.43. The van der Waals surface area contributed by atoms with Gasteiger partial charge >= 0.3 is 0 Å². The minimum absolute atomic E-state index is 0.170. The molecule has 2 rings (SSSR count). The molecule has 1 aromatic heterocycles. The molecule has 2 aromatic rings. The molecule has 0 saturated carbocycles. The van der Waals surface area contributed by atoms with E-state index in [-0.39, 0.29) is 21.6 Å². The average molecular weight is 285 g/mol. The average Bonchev–Trinajstić information content (AvgIpc) is 2.88. The molecule has 1 aromatic carbocycles. The first kappa shape index (κ1) is 13.0. The molecule has 0 atom stereocenters. The summed E-state index contributed by atoms with van der Waals surface area (Å²) in [5.74, 6) is 0.368. The van der Waals surface area contributed by atoms with Gasteiger partial charge in [-0.25, -0.2) is 0 Å². The van der Waals surface area contributed by atoms with E-state index < -0.39 is 0 Å². The van der Waals surface area contributed by atoms with Gasteiger partial charge in [0.1, 0.15) is 10.8 Å². The molecule has 0 aliphatic rings. The van der Waals surface area contributed by atoms with Gasteiger partial charge < -0.3 is 9.15 Å². The quantitative estimate of drug-likeness (QED) is 0.790. The molecular formula is C13H10Cl2O3. The smallest absolute Gasteiger partial charge is 0.229 e. The van der Waals surface area contributed by atoms with Crippen molar-refractivity contribution in [2.24, 2.45) is 0 Å². The normalized spacial score (nSPS) is 10.4. The zero-order chi connectivity index (χ0) is 13.1. The molecule has 0 saturated heterocycles. The first-order chi connectivity index (χ1) is 8.65. The van der Waals surface area contributed by atoms with Crippen LogP contribution in [0.4, 0.5) is 0 Å². The van der Waals surface area contributed by atoms with Crippen molar-refractivity contribution in [2.45, 2.75) is 6.92 Å². The Bertz CT molecular complexity index is 562. The lowest BCUT2D eigenvalue weighted by atomic mass is 10.1. The molecule has 5 heteroatoms. The summed E-state index contributed by atoms with van der Waals surface area (Å²) >= 11 is 12.1. The molecule has 3 nitrogen and oxygen atoms in total. The minimum Gasteiger partial charge on any atom is -0.492 e. The van der Waals surface area contributed by atoms with Gasteiger partial charge in [-0.3, -0.25) is 4.79 Å². The number of carbonyl (C=O) groups is 1. The van der Waals surface area contributed by atoms with Crippen LogP contribution >= 0.6 is 23.2 Å². The van der Waals surface area contributed by atoms with Gasteiger partial charge in [0.25, 0.3) is 0 Å². The van der Waals surface area contributed by atoms with Crippen LogP contribution < -0.4 is 4.74 Å². The monoisotopic (exact) mass is 284 g/mol. The van der Waals surface area contributed by atoms with Crippen molar-refractivity contribution < 1.29 is 13.9 Å². The molecule has 0 fully saturated rings. The van der Waals surface area contributed by atoms with Crippen LogP contribution in [0, 0.1) is 0 Å². The Kier molecular flexibility index (Phi) is 3.94. The molecule has 0 amide bonds. The molecule has 18 heavy (non-hydrogen) atoms. The lowest BCUT2D eigenvalue weighted by molar-refractivity contribution is 0.101. The van der Waals surface area contributed by atoms with Gasteiger partial charge in [-0.15, -0.1) is 0 Å². The number of hydrogen-bond acceptors (Lipinski definition) is 3. The maximum atomic E-state index is 12.1. The number of carbonyl (C=O) groups excluding carboxylic acids is 1. The van der Waals surface area contributed by atoms with Crippen molar-refractivity contribution in [3.63, 3.8) is 0 Å². The molecular weight excluding hydrogens is 275 g/mol. The predicted molar refractivity (Wildman–Crippen MR) is 69.8 cm³/mol. The molecule has 94 valence electrons. The SMILES string of the molecule is CCOc1ccc(C(=O)c2ccco2)c(Cl)c1Cl. The Morgan fingerprint density at radius 1 is 1.28 bits per heavy atom. The van der Waals surface area contributed by atoms with Gasteiger partial charge in [-0.05, 0) is 31.2 Å². The Morgan fingerprint density at radius 2 is 2.06 bits per heavy atom. The van der Waals surface area contributed by atoms with Crippen molar-refractivity contribution in [1.82, 2.24) is 0 Å². The van der Waals surface area contributed by atoms with E-state index >= 15 is 0 Å². The van der Waals surface area contributed by atoms with Gasteiger partial charge in [0.15, 0.2) is 5.76 Å². The lowest BCUT2D eigenvalue weighted by Gasteiger charge is -2.09. The molecule has 0 N–H and O–H groups in total. The van der Waals surface area contributed by atoms with Crippen molar-refractivity contribution in [1.29, 1.82) is 0 Å². The van der Waals surface area contributed by atoms with Crippen molar-refractivity contribution >= 4 is 29.0 Å². The van der Waals surface area contributed by atoms with Crippen molar-refractivity contribution in [3.8, 4) is 5.75 Å². The maximum Gasteiger partial charge on any atom is 0.229 e. The Hall–Kier alpha value is -1.45. The summed E-state index contributed by atoms with van der Waals surface area (Å²) < 4.78 is 10.3. The molecule has 0 bridgehead atoms. The fraction of sp³-hybridized carbons (Fsp3) is 0.154. The fourth-order valence-electron chi connectivity index (χ4n) is 1.51. The number of ether oxygens (including phenoxy) is 1. The Labute approximate surface area is 114 Å².